The Kier molecular flexibility index (Phi) is 5.28. The smallest absolute Gasteiger partial charge is 0.253 e. The molecule has 2 N–H and O–H groups in total. The van der Waals surface area contributed by atoms with E-state index in [1.807, 2.05) is 6.26 Å². The highest BCUT2D eigenvalue weighted by atomic mass is 32.2. The van der Waals surface area contributed by atoms with Crippen molar-refractivity contribution in [2.75, 3.05) is 31.3 Å². The quantitative estimate of drug-likeness (QED) is 0.649. The Bertz CT molecular complexity index is 398. The first-order valence-corrected chi connectivity index (χ1v) is 6.75. The van der Waals surface area contributed by atoms with E-state index in [0.29, 0.717) is 12.1 Å². The molecule has 0 fully saturated rings. The molecule has 1 aromatic rings. The minimum Gasteiger partial charge on any atom is -0.396 e. The molecule has 0 atom stereocenters. The van der Waals surface area contributed by atoms with Gasteiger partial charge in [-0.1, -0.05) is 0 Å². The molecular formula is C12H17FN2OS. The van der Waals surface area contributed by atoms with Gasteiger partial charge in [0.1, 0.15) is 5.82 Å². The van der Waals surface area contributed by atoms with Crippen LogP contribution in [0.3, 0.4) is 0 Å². The molecule has 0 aliphatic carbocycles. The zero-order valence-corrected chi connectivity index (χ0v) is 10.9. The highest BCUT2D eigenvalue weighted by Gasteiger charge is 2.12. The van der Waals surface area contributed by atoms with Gasteiger partial charge in [0, 0.05) is 19.2 Å². The molecule has 0 aliphatic heterocycles. The van der Waals surface area contributed by atoms with Crippen molar-refractivity contribution >= 4 is 23.4 Å². The summed E-state index contributed by atoms with van der Waals surface area (Å²) in [6.07, 6.45) is 2.96. The largest absolute Gasteiger partial charge is 0.396 e. The van der Waals surface area contributed by atoms with Gasteiger partial charge >= 0.3 is 0 Å². The molecule has 1 amide bonds. The second kappa shape index (κ2) is 6.49. The van der Waals surface area contributed by atoms with Crippen LogP contribution in [0.15, 0.2) is 18.2 Å². The van der Waals surface area contributed by atoms with Crippen molar-refractivity contribution in [3.05, 3.63) is 29.6 Å². The zero-order chi connectivity index (χ0) is 12.8. The Hall–Kier alpha value is -1.23. The zero-order valence-electron chi connectivity index (χ0n) is 10.1. The van der Waals surface area contributed by atoms with Crippen LogP contribution >= 0.6 is 11.8 Å². The summed E-state index contributed by atoms with van der Waals surface area (Å²) in [5.41, 5.74) is 5.76. The molecular weight excluding hydrogens is 239 g/mol. The fourth-order valence-electron chi connectivity index (χ4n) is 1.43. The summed E-state index contributed by atoms with van der Waals surface area (Å²) in [4.78, 5) is 13.5. The third-order valence-electron chi connectivity index (χ3n) is 2.44. The third-order valence-corrected chi connectivity index (χ3v) is 3.13. The van der Waals surface area contributed by atoms with Crippen molar-refractivity contribution < 1.29 is 9.18 Å². The summed E-state index contributed by atoms with van der Waals surface area (Å²) in [6.45, 7) is 0.672. The summed E-state index contributed by atoms with van der Waals surface area (Å²) in [6, 6.07) is 4.15. The van der Waals surface area contributed by atoms with E-state index in [1.165, 1.54) is 12.1 Å². The molecule has 94 valence electrons. The van der Waals surface area contributed by atoms with Crippen molar-refractivity contribution in [1.82, 2.24) is 4.90 Å². The van der Waals surface area contributed by atoms with Crippen LogP contribution in [-0.4, -0.2) is 36.4 Å². The summed E-state index contributed by atoms with van der Waals surface area (Å²) in [5.74, 6) is 0.284. The summed E-state index contributed by atoms with van der Waals surface area (Å²) in [5, 5.41) is 0. The minimum atomic E-state index is -0.548. The molecule has 0 bridgehead atoms. The van der Waals surface area contributed by atoms with E-state index in [0.717, 1.165) is 12.2 Å². The number of halogens is 1. The Morgan fingerprint density at radius 2 is 2.24 bits per heavy atom. The lowest BCUT2D eigenvalue weighted by atomic mass is 10.1. The fraction of sp³-hybridized carbons (Fsp3) is 0.417. The average molecular weight is 256 g/mol. The number of anilines is 1. The maximum atomic E-state index is 13.2. The normalized spacial score (nSPS) is 10.3. The van der Waals surface area contributed by atoms with E-state index < -0.39 is 5.82 Å². The van der Waals surface area contributed by atoms with Gasteiger partial charge in [-0.3, -0.25) is 4.79 Å². The van der Waals surface area contributed by atoms with Gasteiger partial charge in [0.05, 0.1) is 5.69 Å². The van der Waals surface area contributed by atoms with Crippen molar-refractivity contribution in [3.8, 4) is 0 Å². The number of carbonyl (C=O) groups is 1. The highest BCUT2D eigenvalue weighted by Crippen LogP contribution is 2.13. The van der Waals surface area contributed by atoms with Crippen LogP contribution in [0, 0.1) is 5.82 Å². The molecule has 3 nitrogen and oxygen atoms in total. The monoisotopic (exact) mass is 256 g/mol. The second-order valence-electron chi connectivity index (χ2n) is 3.81. The topological polar surface area (TPSA) is 46.3 Å². The number of amides is 1. The van der Waals surface area contributed by atoms with E-state index in [9.17, 15) is 9.18 Å². The predicted molar refractivity (Wildman–Crippen MR) is 70.8 cm³/mol. The van der Waals surface area contributed by atoms with E-state index in [2.05, 4.69) is 0 Å². The van der Waals surface area contributed by atoms with Crippen LogP contribution < -0.4 is 5.73 Å². The molecule has 0 heterocycles. The van der Waals surface area contributed by atoms with Gasteiger partial charge in [-0.2, -0.15) is 11.8 Å². The number of nitrogens with two attached hydrogens (primary N) is 1. The van der Waals surface area contributed by atoms with E-state index in [1.54, 1.807) is 29.8 Å². The lowest BCUT2D eigenvalue weighted by molar-refractivity contribution is 0.0795. The Morgan fingerprint density at radius 3 is 2.82 bits per heavy atom. The summed E-state index contributed by atoms with van der Waals surface area (Å²) in [7, 11) is 1.72. The number of hydrogen-bond acceptors (Lipinski definition) is 3. The Morgan fingerprint density at radius 1 is 1.53 bits per heavy atom. The molecule has 0 saturated heterocycles. The number of nitrogens with zero attached hydrogens (tertiary/aromatic N) is 1. The van der Waals surface area contributed by atoms with Gasteiger partial charge in [0.2, 0.25) is 0 Å². The van der Waals surface area contributed by atoms with Gasteiger partial charge in [0.15, 0.2) is 0 Å². The van der Waals surface area contributed by atoms with Crippen LogP contribution in [0.2, 0.25) is 0 Å². The maximum Gasteiger partial charge on any atom is 0.253 e. The van der Waals surface area contributed by atoms with Crippen LogP contribution in [-0.2, 0) is 0 Å². The van der Waals surface area contributed by atoms with Gasteiger partial charge in [0.25, 0.3) is 5.91 Å². The first-order chi connectivity index (χ1) is 8.06. The van der Waals surface area contributed by atoms with Gasteiger partial charge in [-0.05, 0) is 36.6 Å². The number of thioether (sulfide) groups is 1. The Labute approximate surface area is 105 Å². The first kappa shape index (κ1) is 13.8. The molecule has 0 spiro atoms. The molecule has 0 saturated carbocycles. The van der Waals surface area contributed by atoms with Crippen LogP contribution in [0.25, 0.3) is 0 Å². The molecule has 1 aromatic carbocycles. The fourth-order valence-corrected chi connectivity index (χ4v) is 1.85. The molecule has 1 rings (SSSR count). The summed E-state index contributed by atoms with van der Waals surface area (Å²) >= 11 is 1.74. The van der Waals surface area contributed by atoms with Gasteiger partial charge in [-0.25, -0.2) is 4.39 Å². The van der Waals surface area contributed by atoms with Crippen molar-refractivity contribution in [2.24, 2.45) is 0 Å². The van der Waals surface area contributed by atoms with Crippen LogP contribution in [0.1, 0.15) is 16.8 Å². The number of carbonyl (C=O) groups excluding carboxylic acids is 1. The number of nitrogen functional groups attached to an aromatic ring is 1. The highest BCUT2D eigenvalue weighted by molar-refractivity contribution is 7.98. The van der Waals surface area contributed by atoms with E-state index in [4.69, 9.17) is 5.73 Å². The third kappa shape index (κ3) is 3.93. The molecule has 5 heteroatoms. The number of rotatable bonds is 5. The van der Waals surface area contributed by atoms with E-state index in [-0.39, 0.29) is 11.6 Å². The van der Waals surface area contributed by atoms with Crippen molar-refractivity contribution in [1.29, 1.82) is 0 Å². The lowest BCUT2D eigenvalue weighted by Crippen LogP contribution is -2.28. The molecule has 0 aliphatic rings. The van der Waals surface area contributed by atoms with Gasteiger partial charge in [-0.15, -0.1) is 0 Å². The number of hydrogen-bond donors (Lipinski definition) is 1. The standard InChI is InChI=1S/C12H17FN2OS/c1-15(6-3-7-17-2)12(16)9-4-5-11(14)10(13)8-9/h4-5,8H,3,6-7,14H2,1-2H3. The molecule has 0 radical (unpaired) electrons. The average Bonchev–Trinajstić information content (AvgIpc) is 2.32. The van der Waals surface area contributed by atoms with Crippen molar-refractivity contribution in [2.45, 2.75) is 6.42 Å². The maximum absolute atomic E-state index is 13.2. The second-order valence-corrected chi connectivity index (χ2v) is 4.79. The van der Waals surface area contributed by atoms with E-state index >= 15 is 0 Å². The van der Waals surface area contributed by atoms with Crippen LogP contribution in [0.5, 0.6) is 0 Å². The lowest BCUT2D eigenvalue weighted by Gasteiger charge is -2.17. The van der Waals surface area contributed by atoms with Crippen molar-refractivity contribution in [3.63, 3.8) is 0 Å². The Balaban J connectivity index is 2.65. The van der Waals surface area contributed by atoms with Gasteiger partial charge < -0.3 is 10.6 Å². The summed E-state index contributed by atoms with van der Waals surface area (Å²) < 4.78 is 13.2. The molecule has 17 heavy (non-hydrogen) atoms. The SMILES string of the molecule is CSCCCN(C)C(=O)c1ccc(N)c(F)c1. The molecule has 0 aromatic heterocycles. The predicted octanol–water partition coefficient (Wildman–Crippen LogP) is 2.23. The number of benzene rings is 1. The minimum absolute atomic E-state index is 0.0617. The van der Waals surface area contributed by atoms with Crippen LogP contribution in [0.4, 0.5) is 10.1 Å². The first-order valence-electron chi connectivity index (χ1n) is 5.35. The molecule has 0 unspecified atom stereocenters.